The Bertz CT molecular complexity index is 251. The van der Waals surface area contributed by atoms with Crippen LogP contribution in [0.5, 0.6) is 0 Å². The third kappa shape index (κ3) is 3.42. The first-order valence-electron chi connectivity index (χ1n) is 6.83. The Balaban J connectivity index is 1.72. The highest BCUT2D eigenvalue weighted by atomic mass is 16.5. The molecule has 0 spiro atoms. The van der Waals surface area contributed by atoms with E-state index in [4.69, 9.17) is 4.74 Å². The van der Waals surface area contributed by atoms with Gasteiger partial charge in [0.05, 0.1) is 18.8 Å². The minimum atomic E-state index is 0.0646. The fourth-order valence-electron chi connectivity index (χ4n) is 2.82. The summed E-state index contributed by atoms with van der Waals surface area (Å²) in [6, 6.07) is 0.0646. The Morgan fingerprint density at radius 3 is 2.88 bits per heavy atom. The van der Waals surface area contributed by atoms with E-state index >= 15 is 0 Å². The molecule has 2 aliphatic heterocycles. The lowest BCUT2D eigenvalue weighted by atomic mass is 10.0. The van der Waals surface area contributed by atoms with Gasteiger partial charge in [-0.05, 0) is 38.5 Å². The van der Waals surface area contributed by atoms with Gasteiger partial charge in [-0.1, -0.05) is 0 Å². The van der Waals surface area contributed by atoms with Gasteiger partial charge in [-0.3, -0.25) is 4.79 Å². The van der Waals surface area contributed by atoms with Gasteiger partial charge in [0.25, 0.3) is 0 Å². The van der Waals surface area contributed by atoms with Crippen LogP contribution < -0.4 is 0 Å². The van der Waals surface area contributed by atoms with Gasteiger partial charge >= 0.3 is 0 Å². The second-order valence-corrected chi connectivity index (χ2v) is 5.09. The summed E-state index contributed by atoms with van der Waals surface area (Å²) in [6.07, 6.45) is 7.14. The van der Waals surface area contributed by atoms with Crippen LogP contribution in [0, 0.1) is 0 Å². The second-order valence-electron chi connectivity index (χ2n) is 5.09. The topological polar surface area (TPSA) is 49.8 Å². The molecule has 0 saturated carbocycles. The van der Waals surface area contributed by atoms with Crippen LogP contribution in [0.1, 0.15) is 44.9 Å². The van der Waals surface area contributed by atoms with E-state index in [1.54, 1.807) is 0 Å². The molecule has 0 aromatic heterocycles. The molecule has 2 saturated heterocycles. The third-order valence-corrected chi connectivity index (χ3v) is 3.86. The summed E-state index contributed by atoms with van der Waals surface area (Å²) in [5, 5.41) is 9.18. The standard InChI is InChI=1S/C13H23NO3/c15-10-11-4-3-8-14(11)13(16)7-6-12-5-1-2-9-17-12/h11-12,15H,1-10H2. The molecule has 1 amide bonds. The van der Waals surface area contributed by atoms with Gasteiger partial charge < -0.3 is 14.7 Å². The predicted octanol–water partition coefficient (Wildman–Crippen LogP) is 1.32. The molecule has 2 rings (SSSR count). The number of carbonyl (C=O) groups excluding carboxylic acids is 1. The maximum Gasteiger partial charge on any atom is 0.222 e. The van der Waals surface area contributed by atoms with Crippen molar-refractivity contribution >= 4 is 5.91 Å². The first kappa shape index (κ1) is 12.8. The maximum absolute atomic E-state index is 12.0. The summed E-state index contributed by atoms with van der Waals surface area (Å²) in [7, 11) is 0. The number of hydrogen-bond acceptors (Lipinski definition) is 3. The molecule has 4 heteroatoms. The fraction of sp³-hybridized carbons (Fsp3) is 0.923. The number of aliphatic hydroxyl groups excluding tert-OH is 1. The number of aliphatic hydroxyl groups is 1. The molecule has 0 aromatic carbocycles. The van der Waals surface area contributed by atoms with Crippen LogP contribution >= 0.6 is 0 Å². The Kier molecular flexibility index (Phi) is 4.80. The SMILES string of the molecule is O=C(CCC1CCCCO1)N1CCCC1CO. The van der Waals surface area contributed by atoms with Gasteiger partial charge in [-0.2, -0.15) is 0 Å². The molecule has 17 heavy (non-hydrogen) atoms. The molecule has 0 radical (unpaired) electrons. The van der Waals surface area contributed by atoms with E-state index in [-0.39, 0.29) is 24.7 Å². The van der Waals surface area contributed by atoms with E-state index in [1.807, 2.05) is 4.90 Å². The number of amides is 1. The zero-order chi connectivity index (χ0) is 12.1. The van der Waals surface area contributed by atoms with E-state index in [1.165, 1.54) is 6.42 Å². The number of ether oxygens (including phenoxy) is 1. The van der Waals surface area contributed by atoms with Crippen molar-refractivity contribution < 1.29 is 14.6 Å². The van der Waals surface area contributed by atoms with Crippen LogP contribution in [-0.2, 0) is 9.53 Å². The highest BCUT2D eigenvalue weighted by Crippen LogP contribution is 2.21. The molecule has 0 aliphatic carbocycles. The van der Waals surface area contributed by atoms with Gasteiger partial charge in [-0.15, -0.1) is 0 Å². The second kappa shape index (κ2) is 6.36. The summed E-state index contributed by atoms with van der Waals surface area (Å²) in [5.41, 5.74) is 0. The zero-order valence-electron chi connectivity index (χ0n) is 10.4. The fourth-order valence-corrected chi connectivity index (χ4v) is 2.82. The molecule has 98 valence electrons. The van der Waals surface area contributed by atoms with E-state index in [0.717, 1.165) is 45.3 Å². The lowest BCUT2D eigenvalue weighted by Gasteiger charge is -2.26. The van der Waals surface area contributed by atoms with E-state index in [9.17, 15) is 9.90 Å². The van der Waals surface area contributed by atoms with E-state index in [2.05, 4.69) is 0 Å². The average Bonchev–Trinajstić information content (AvgIpc) is 2.85. The first-order chi connectivity index (χ1) is 8.31. The molecular weight excluding hydrogens is 218 g/mol. The van der Waals surface area contributed by atoms with Crippen molar-refractivity contribution in [2.45, 2.75) is 57.1 Å². The van der Waals surface area contributed by atoms with Crippen LogP contribution in [0.25, 0.3) is 0 Å². The minimum Gasteiger partial charge on any atom is -0.394 e. The van der Waals surface area contributed by atoms with Crippen molar-refractivity contribution in [3.05, 3.63) is 0 Å². The Morgan fingerprint density at radius 1 is 1.29 bits per heavy atom. The van der Waals surface area contributed by atoms with Crippen LogP contribution in [0.3, 0.4) is 0 Å². The Labute approximate surface area is 103 Å². The van der Waals surface area contributed by atoms with E-state index < -0.39 is 0 Å². The predicted molar refractivity (Wildman–Crippen MR) is 64.6 cm³/mol. The molecule has 1 N–H and O–H groups in total. The summed E-state index contributed by atoms with van der Waals surface area (Å²) < 4.78 is 5.62. The third-order valence-electron chi connectivity index (χ3n) is 3.86. The van der Waals surface area contributed by atoms with Crippen molar-refractivity contribution in [1.29, 1.82) is 0 Å². The van der Waals surface area contributed by atoms with Crippen LogP contribution in [0.4, 0.5) is 0 Å². The largest absolute Gasteiger partial charge is 0.394 e. The highest BCUT2D eigenvalue weighted by Gasteiger charge is 2.28. The monoisotopic (exact) mass is 241 g/mol. The summed E-state index contributed by atoms with van der Waals surface area (Å²) >= 11 is 0. The lowest BCUT2D eigenvalue weighted by Crippen LogP contribution is -2.38. The molecule has 2 fully saturated rings. The van der Waals surface area contributed by atoms with Crippen LogP contribution in [-0.4, -0.2) is 47.8 Å². The minimum absolute atomic E-state index is 0.0646. The van der Waals surface area contributed by atoms with Crippen LogP contribution in [0.2, 0.25) is 0 Å². The highest BCUT2D eigenvalue weighted by molar-refractivity contribution is 5.76. The zero-order valence-corrected chi connectivity index (χ0v) is 10.4. The molecule has 2 heterocycles. The van der Waals surface area contributed by atoms with Crippen molar-refractivity contribution in [2.24, 2.45) is 0 Å². The Hall–Kier alpha value is -0.610. The smallest absolute Gasteiger partial charge is 0.222 e. The summed E-state index contributed by atoms with van der Waals surface area (Å²) in [6.45, 7) is 1.77. The van der Waals surface area contributed by atoms with Gasteiger partial charge in [0.15, 0.2) is 0 Å². The summed E-state index contributed by atoms with van der Waals surface area (Å²) in [4.78, 5) is 13.9. The number of rotatable bonds is 4. The van der Waals surface area contributed by atoms with Crippen molar-refractivity contribution in [1.82, 2.24) is 4.90 Å². The molecule has 2 aliphatic rings. The molecule has 2 unspecified atom stereocenters. The first-order valence-corrected chi connectivity index (χ1v) is 6.83. The number of likely N-dealkylation sites (tertiary alicyclic amines) is 1. The molecule has 2 atom stereocenters. The molecular formula is C13H23NO3. The lowest BCUT2D eigenvalue weighted by molar-refractivity contribution is -0.133. The van der Waals surface area contributed by atoms with Gasteiger partial charge in [0.1, 0.15) is 0 Å². The van der Waals surface area contributed by atoms with E-state index in [0.29, 0.717) is 6.42 Å². The number of hydrogen-bond donors (Lipinski definition) is 1. The van der Waals surface area contributed by atoms with Crippen molar-refractivity contribution in [3.63, 3.8) is 0 Å². The van der Waals surface area contributed by atoms with Gasteiger partial charge in [0.2, 0.25) is 5.91 Å². The van der Waals surface area contributed by atoms with Gasteiger partial charge in [0, 0.05) is 19.6 Å². The molecule has 0 bridgehead atoms. The number of carbonyl (C=O) groups is 1. The summed E-state index contributed by atoms with van der Waals surface area (Å²) in [5.74, 6) is 0.190. The maximum atomic E-state index is 12.0. The molecule has 4 nitrogen and oxygen atoms in total. The molecule has 0 aromatic rings. The number of nitrogens with zero attached hydrogens (tertiary/aromatic N) is 1. The normalized spacial score (nSPS) is 29.6. The quantitative estimate of drug-likeness (QED) is 0.807. The van der Waals surface area contributed by atoms with Crippen molar-refractivity contribution in [2.75, 3.05) is 19.8 Å². The van der Waals surface area contributed by atoms with Crippen molar-refractivity contribution in [3.8, 4) is 0 Å². The van der Waals surface area contributed by atoms with Crippen LogP contribution in [0.15, 0.2) is 0 Å². The Morgan fingerprint density at radius 2 is 2.18 bits per heavy atom. The average molecular weight is 241 g/mol. The van der Waals surface area contributed by atoms with Gasteiger partial charge in [-0.25, -0.2) is 0 Å².